The van der Waals surface area contributed by atoms with Gasteiger partial charge in [-0.15, -0.1) is 0 Å². The standard InChI is InChI=1S/C18H15BrN2O3/c1-24-18(23)13-3-2-12-8-9-21(16(12)10-13)11-17(22)20-15-6-4-14(19)5-7-15/h2-10H,11H2,1H3,(H,20,22). The van der Waals surface area contributed by atoms with Crippen LogP contribution in [0, 0.1) is 0 Å². The second kappa shape index (κ2) is 6.88. The van der Waals surface area contributed by atoms with Gasteiger partial charge in [0.15, 0.2) is 0 Å². The highest BCUT2D eigenvalue weighted by Gasteiger charge is 2.10. The third kappa shape index (κ3) is 3.49. The first kappa shape index (κ1) is 16.3. The molecule has 0 bridgehead atoms. The lowest BCUT2D eigenvalue weighted by molar-refractivity contribution is -0.116. The van der Waals surface area contributed by atoms with Crippen LogP contribution >= 0.6 is 15.9 Å². The Bertz CT molecular complexity index is 900. The van der Waals surface area contributed by atoms with E-state index in [4.69, 9.17) is 4.74 Å². The van der Waals surface area contributed by atoms with E-state index in [0.717, 1.165) is 21.1 Å². The maximum atomic E-state index is 12.2. The summed E-state index contributed by atoms with van der Waals surface area (Å²) in [5.74, 6) is -0.540. The fourth-order valence-corrected chi connectivity index (χ4v) is 2.72. The largest absolute Gasteiger partial charge is 0.465 e. The molecule has 1 amide bonds. The molecule has 0 atom stereocenters. The summed E-state index contributed by atoms with van der Waals surface area (Å²) in [6.45, 7) is 0.157. The summed E-state index contributed by atoms with van der Waals surface area (Å²) in [6.07, 6.45) is 1.83. The number of esters is 1. The summed E-state index contributed by atoms with van der Waals surface area (Å²) < 4.78 is 7.49. The van der Waals surface area contributed by atoms with E-state index in [9.17, 15) is 9.59 Å². The molecule has 0 aliphatic rings. The molecule has 1 N–H and O–H groups in total. The van der Waals surface area contributed by atoms with Gasteiger partial charge in [-0.3, -0.25) is 4.79 Å². The maximum absolute atomic E-state index is 12.2. The molecule has 0 radical (unpaired) electrons. The summed E-state index contributed by atoms with van der Waals surface area (Å²) in [5, 5.41) is 3.81. The predicted molar refractivity (Wildman–Crippen MR) is 96.0 cm³/mol. The second-order valence-electron chi connectivity index (χ2n) is 5.26. The van der Waals surface area contributed by atoms with Gasteiger partial charge in [-0.25, -0.2) is 4.79 Å². The number of rotatable bonds is 4. The molecular weight excluding hydrogens is 372 g/mol. The molecule has 0 unspecified atom stereocenters. The van der Waals surface area contributed by atoms with Gasteiger partial charge >= 0.3 is 5.97 Å². The molecule has 2 aromatic carbocycles. The van der Waals surface area contributed by atoms with E-state index in [-0.39, 0.29) is 12.5 Å². The number of aromatic nitrogens is 1. The molecule has 3 aromatic rings. The number of anilines is 1. The molecule has 122 valence electrons. The van der Waals surface area contributed by atoms with Crippen LogP contribution in [0.2, 0.25) is 0 Å². The zero-order valence-corrected chi connectivity index (χ0v) is 14.5. The summed E-state index contributed by atoms with van der Waals surface area (Å²) in [7, 11) is 1.34. The van der Waals surface area contributed by atoms with Gasteiger partial charge in [0, 0.05) is 21.9 Å². The van der Waals surface area contributed by atoms with E-state index in [0.29, 0.717) is 5.56 Å². The number of ether oxygens (including phenoxy) is 1. The van der Waals surface area contributed by atoms with Crippen LogP contribution in [0.5, 0.6) is 0 Å². The number of carbonyl (C=O) groups is 2. The zero-order valence-electron chi connectivity index (χ0n) is 13.0. The highest BCUT2D eigenvalue weighted by molar-refractivity contribution is 9.10. The predicted octanol–water partition coefficient (Wildman–Crippen LogP) is 3.83. The fraction of sp³-hybridized carbons (Fsp3) is 0.111. The lowest BCUT2D eigenvalue weighted by Gasteiger charge is -2.08. The first-order chi connectivity index (χ1) is 11.6. The number of benzene rings is 2. The quantitative estimate of drug-likeness (QED) is 0.693. The molecule has 0 saturated carbocycles. The van der Waals surface area contributed by atoms with Gasteiger partial charge in [0.1, 0.15) is 6.54 Å². The van der Waals surface area contributed by atoms with Crippen molar-refractivity contribution in [2.45, 2.75) is 6.54 Å². The van der Waals surface area contributed by atoms with Crippen LogP contribution in [-0.4, -0.2) is 23.6 Å². The molecular formula is C18H15BrN2O3. The summed E-state index contributed by atoms with van der Waals surface area (Å²) >= 11 is 3.36. The number of nitrogens with zero attached hydrogens (tertiary/aromatic N) is 1. The number of carbonyl (C=O) groups excluding carboxylic acids is 2. The molecule has 1 heterocycles. The Morgan fingerprint density at radius 2 is 1.88 bits per heavy atom. The average molecular weight is 387 g/mol. The van der Waals surface area contributed by atoms with E-state index in [1.54, 1.807) is 16.7 Å². The minimum Gasteiger partial charge on any atom is -0.465 e. The van der Waals surface area contributed by atoms with Gasteiger partial charge in [-0.2, -0.15) is 0 Å². The average Bonchev–Trinajstić information content (AvgIpc) is 2.98. The number of hydrogen-bond donors (Lipinski definition) is 1. The number of halogens is 1. The van der Waals surface area contributed by atoms with Gasteiger partial charge in [-0.05, 0) is 47.9 Å². The van der Waals surface area contributed by atoms with Crippen molar-refractivity contribution in [1.29, 1.82) is 0 Å². The van der Waals surface area contributed by atoms with Gasteiger partial charge < -0.3 is 14.6 Å². The van der Waals surface area contributed by atoms with E-state index in [2.05, 4.69) is 21.2 Å². The first-order valence-electron chi connectivity index (χ1n) is 7.29. The van der Waals surface area contributed by atoms with Gasteiger partial charge in [-0.1, -0.05) is 22.0 Å². The Labute approximate surface area is 147 Å². The van der Waals surface area contributed by atoms with Crippen molar-refractivity contribution in [2.24, 2.45) is 0 Å². The van der Waals surface area contributed by atoms with Crippen LogP contribution < -0.4 is 5.32 Å². The Balaban J connectivity index is 1.80. The number of hydrogen-bond acceptors (Lipinski definition) is 3. The van der Waals surface area contributed by atoms with Gasteiger partial charge in [0.25, 0.3) is 0 Å². The number of amides is 1. The maximum Gasteiger partial charge on any atom is 0.337 e. The molecule has 6 heteroatoms. The van der Waals surface area contributed by atoms with Crippen molar-refractivity contribution in [2.75, 3.05) is 12.4 Å². The molecule has 0 fully saturated rings. The van der Waals surface area contributed by atoms with Crippen molar-refractivity contribution >= 4 is 44.4 Å². The third-order valence-electron chi connectivity index (χ3n) is 3.64. The van der Waals surface area contributed by atoms with Gasteiger partial charge in [0.05, 0.1) is 12.7 Å². The molecule has 5 nitrogen and oxygen atoms in total. The first-order valence-corrected chi connectivity index (χ1v) is 8.09. The monoisotopic (exact) mass is 386 g/mol. The van der Waals surface area contributed by atoms with Crippen molar-refractivity contribution in [3.8, 4) is 0 Å². The van der Waals surface area contributed by atoms with E-state index in [1.165, 1.54) is 7.11 Å². The molecule has 0 aliphatic heterocycles. The van der Waals surface area contributed by atoms with Crippen LogP contribution in [0.3, 0.4) is 0 Å². The Kier molecular flexibility index (Phi) is 4.66. The smallest absolute Gasteiger partial charge is 0.337 e. The Morgan fingerprint density at radius 3 is 2.58 bits per heavy atom. The van der Waals surface area contributed by atoms with Crippen LogP contribution in [0.25, 0.3) is 10.9 Å². The Morgan fingerprint density at radius 1 is 1.12 bits per heavy atom. The van der Waals surface area contributed by atoms with E-state index in [1.807, 2.05) is 42.6 Å². The molecule has 0 spiro atoms. The fourth-order valence-electron chi connectivity index (χ4n) is 2.46. The highest BCUT2D eigenvalue weighted by atomic mass is 79.9. The summed E-state index contributed by atoms with van der Waals surface area (Å²) in [6, 6.07) is 14.6. The van der Waals surface area contributed by atoms with Crippen LogP contribution in [-0.2, 0) is 16.1 Å². The highest BCUT2D eigenvalue weighted by Crippen LogP contribution is 2.19. The lowest BCUT2D eigenvalue weighted by atomic mass is 10.1. The lowest BCUT2D eigenvalue weighted by Crippen LogP contribution is -2.18. The molecule has 24 heavy (non-hydrogen) atoms. The topological polar surface area (TPSA) is 60.3 Å². The number of fused-ring (bicyclic) bond motifs is 1. The van der Waals surface area contributed by atoms with Crippen LogP contribution in [0.1, 0.15) is 10.4 Å². The normalized spacial score (nSPS) is 10.6. The molecule has 1 aromatic heterocycles. The van der Waals surface area contributed by atoms with Gasteiger partial charge in [0.2, 0.25) is 5.91 Å². The van der Waals surface area contributed by atoms with E-state index < -0.39 is 5.97 Å². The second-order valence-corrected chi connectivity index (χ2v) is 6.18. The van der Waals surface area contributed by atoms with Crippen LogP contribution in [0.15, 0.2) is 59.2 Å². The van der Waals surface area contributed by atoms with Crippen molar-refractivity contribution in [3.05, 3.63) is 64.8 Å². The summed E-state index contributed by atoms with van der Waals surface area (Å²) in [4.78, 5) is 23.9. The Hall–Kier alpha value is -2.60. The minimum absolute atomic E-state index is 0.140. The zero-order chi connectivity index (χ0) is 17.1. The number of nitrogens with one attached hydrogen (secondary N) is 1. The minimum atomic E-state index is -0.399. The molecule has 0 saturated heterocycles. The van der Waals surface area contributed by atoms with Crippen molar-refractivity contribution in [3.63, 3.8) is 0 Å². The van der Waals surface area contributed by atoms with Crippen LogP contribution in [0.4, 0.5) is 5.69 Å². The molecule has 0 aliphatic carbocycles. The number of methoxy groups -OCH3 is 1. The van der Waals surface area contributed by atoms with Crippen molar-refractivity contribution < 1.29 is 14.3 Å². The van der Waals surface area contributed by atoms with Crippen molar-refractivity contribution in [1.82, 2.24) is 4.57 Å². The third-order valence-corrected chi connectivity index (χ3v) is 4.17. The SMILES string of the molecule is COC(=O)c1ccc2ccn(CC(=O)Nc3ccc(Br)cc3)c2c1. The van der Waals surface area contributed by atoms with E-state index >= 15 is 0 Å². The summed E-state index contributed by atoms with van der Waals surface area (Å²) in [5.41, 5.74) is 2.00. The molecule has 3 rings (SSSR count).